The predicted molar refractivity (Wildman–Crippen MR) is 94.6 cm³/mol. The molecule has 1 heterocycles. The van der Waals surface area contributed by atoms with Crippen LogP contribution in [0, 0.1) is 40.4 Å². The van der Waals surface area contributed by atoms with Crippen molar-refractivity contribution < 1.29 is 9.53 Å². The van der Waals surface area contributed by atoms with Crippen LogP contribution in [0.25, 0.3) is 0 Å². The number of ether oxygens (including phenoxy) is 1. The van der Waals surface area contributed by atoms with E-state index < -0.39 is 0 Å². The van der Waals surface area contributed by atoms with Gasteiger partial charge in [-0.2, -0.15) is 0 Å². The van der Waals surface area contributed by atoms with Crippen molar-refractivity contribution in [3.8, 4) is 0 Å². The number of fused-ring (bicyclic) bond motifs is 7. The van der Waals surface area contributed by atoms with E-state index in [9.17, 15) is 4.79 Å². The summed E-state index contributed by atoms with van der Waals surface area (Å²) in [6, 6.07) is 0. The Kier molecular flexibility index (Phi) is 3.51. The first-order valence-corrected chi connectivity index (χ1v) is 10.7. The van der Waals surface area contributed by atoms with E-state index in [0.29, 0.717) is 28.6 Å². The molecule has 0 aromatic rings. The highest BCUT2D eigenvalue weighted by molar-refractivity contribution is 5.79. The minimum Gasteiger partial charge on any atom is -0.377 e. The van der Waals surface area contributed by atoms with Crippen molar-refractivity contribution in [2.75, 3.05) is 6.61 Å². The van der Waals surface area contributed by atoms with Crippen LogP contribution in [-0.2, 0) is 9.53 Å². The van der Waals surface area contributed by atoms with Crippen molar-refractivity contribution >= 4 is 5.78 Å². The summed E-state index contributed by atoms with van der Waals surface area (Å²) >= 11 is 0. The lowest BCUT2D eigenvalue weighted by Crippen LogP contribution is -2.54. The molecule has 24 heavy (non-hydrogen) atoms. The van der Waals surface area contributed by atoms with E-state index in [4.69, 9.17) is 4.74 Å². The number of ketones is 1. The van der Waals surface area contributed by atoms with Gasteiger partial charge in [0.2, 0.25) is 0 Å². The quantitative estimate of drug-likeness (QED) is 0.624. The zero-order valence-electron chi connectivity index (χ0n) is 15.6. The molecule has 2 heteroatoms. The first-order valence-electron chi connectivity index (χ1n) is 10.7. The molecule has 4 aliphatic carbocycles. The molecule has 1 aliphatic heterocycles. The van der Waals surface area contributed by atoms with Gasteiger partial charge in [-0.15, -0.1) is 0 Å². The number of hydrogen-bond acceptors (Lipinski definition) is 2. The molecule has 0 spiro atoms. The van der Waals surface area contributed by atoms with Gasteiger partial charge in [0, 0.05) is 19.4 Å². The molecule has 0 N–H and O–H groups in total. The molecule has 0 aromatic carbocycles. The van der Waals surface area contributed by atoms with Crippen molar-refractivity contribution in [3.63, 3.8) is 0 Å². The monoisotopic (exact) mass is 330 g/mol. The maximum Gasteiger partial charge on any atom is 0.133 e. The zero-order valence-corrected chi connectivity index (χ0v) is 15.6. The summed E-state index contributed by atoms with van der Waals surface area (Å²) in [5.74, 6) is 4.74. The van der Waals surface area contributed by atoms with Crippen LogP contribution >= 0.6 is 0 Å². The number of rotatable bonds is 0. The lowest BCUT2D eigenvalue weighted by molar-refractivity contribution is -0.148. The van der Waals surface area contributed by atoms with Crippen LogP contribution in [0.2, 0.25) is 0 Å². The van der Waals surface area contributed by atoms with Crippen molar-refractivity contribution in [1.29, 1.82) is 0 Å². The normalized spacial score (nSPS) is 56.8. The Morgan fingerprint density at radius 2 is 1.88 bits per heavy atom. The first kappa shape index (κ1) is 15.9. The Morgan fingerprint density at radius 1 is 1.00 bits per heavy atom. The highest BCUT2D eigenvalue weighted by Gasteiger charge is 2.62. The molecule has 0 aromatic heterocycles. The average molecular weight is 331 g/mol. The van der Waals surface area contributed by atoms with Crippen molar-refractivity contribution in [1.82, 2.24) is 0 Å². The van der Waals surface area contributed by atoms with Crippen LogP contribution in [0.1, 0.15) is 78.1 Å². The molecular formula is C22H34O2. The smallest absolute Gasteiger partial charge is 0.133 e. The number of carbonyl (C=O) groups excluding carboxylic acids is 1. The third-order valence-electron chi connectivity index (χ3n) is 9.57. The maximum absolute atomic E-state index is 12.0. The van der Waals surface area contributed by atoms with Gasteiger partial charge in [0.15, 0.2) is 0 Å². The van der Waals surface area contributed by atoms with E-state index >= 15 is 0 Å². The molecule has 5 rings (SSSR count). The average Bonchev–Trinajstić information content (AvgIpc) is 2.89. The largest absolute Gasteiger partial charge is 0.377 e. The number of Topliss-reactive ketones (excluding diaryl/α,β-unsaturated/α-hetero) is 1. The number of carbonyl (C=O) groups is 1. The second-order valence-electron chi connectivity index (χ2n) is 10.4. The standard InChI is InChI=1S/C22H34O2/c1-21-9-7-16(23)13-15(21)5-6-17-18(21)8-10-22(2)19(17)12-14-4-3-11-24-20(14)22/h14-15,17-20H,3-13H2,1-2H3/t14-,15-,17-,18+,19+,20+,21+,22+/m1/s1. The lowest BCUT2D eigenvalue weighted by atomic mass is 9.45. The molecule has 1 saturated heterocycles. The molecule has 5 aliphatic rings. The SMILES string of the molecule is C[C@]12CCC(=O)C[C@H]1CC[C@@H]1[C@@H]2CC[C@@]2(C)[C@H]1C[C@H]1CCCO[C@@H]12. The molecule has 0 amide bonds. The van der Waals surface area contributed by atoms with Crippen LogP contribution < -0.4 is 0 Å². The summed E-state index contributed by atoms with van der Waals surface area (Å²) < 4.78 is 6.36. The van der Waals surface area contributed by atoms with Gasteiger partial charge < -0.3 is 4.74 Å². The van der Waals surface area contributed by atoms with Gasteiger partial charge in [-0.1, -0.05) is 13.8 Å². The molecule has 134 valence electrons. The van der Waals surface area contributed by atoms with E-state index in [2.05, 4.69) is 13.8 Å². The highest BCUT2D eigenvalue weighted by Crippen LogP contribution is 2.67. The van der Waals surface area contributed by atoms with E-state index in [1.54, 1.807) is 0 Å². The third kappa shape index (κ3) is 2.01. The topological polar surface area (TPSA) is 26.3 Å². The van der Waals surface area contributed by atoms with E-state index in [0.717, 1.165) is 43.1 Å². The summed E-state index contributed by atoms with van der Waals surface area (Å²) in [5, 5.41) is 0. The van der Waals surface area contributed by atoms with Gasteiger partial charge >= 0.3 is 0 Å². The predicted octanol–water partition coefficient (Wildman–Crippen LogP) is 5.00. The Balaban J connectivity index is 1.45. The Hall–Kier alpha value is -0.370. The number of hydrogen-bond donors (Lipinski definition) is 0. The first-order chi connectivity index (χ1) is 11.5. The van der Waals surface area contributed by atoms with Crippen LogP contribution in [0.4, 0.5) is 0 Å². The van der Waals surface area contributed by atoms with Crippen LogP contribution in [0.15, 0.2) is 0 Å². The summed E-state index contributed by atoms with van der Waals surface area (Å²) in [7, 11) is 0. The summed E-state index contributed by atoms with van der Waals surface area (Å²) in [6.07, 6.45) is 13.0. The molecule has 0 bridgehead atoms. The van der Waals surface area contributed by atoms with Crippen molar-refractivity contribution in [2.24, 2.45) is 40.4 Å². The lowest BCUT2D eigenvalue weighted by Gasteiger charge is -2.60. The van der Waals surface area contributed by atoms with Gasteiger partial charge in [-0.25, -0.2) is 0 Å². The van der Waals surface area contributed by atoms with Crippen LogP contribution in [0.5, 0.6) is 0 Å². The molecule has 0 radical (unpaired) electrons. The molecular weight excluding hydrogens is 296 g/mol. The fourth-order valence-electron chi connectivity index (χ4n) is 8.33. The van der Waals surface area contributed by atoms with Gasteiger partial charge in [0.1, 0.15) is 5.78 Å². The minimum absolute atomic E-state index is 0.444. The molecule has 8 atom stereocenters. The highest BCUT2D eigenvalue weighted by atomic mass is 16.5. The van der Waals surface area contributed by atoms with Crippen molar-refractivity contribution in [2.45, 2.75) is 84.2 Å². The molecule has 2 nitrogen and oxygen atoms in total. The molecule has 0 unspecified atom stereocenters. The van der Waals surface area contributed by atoms with Crippen molar-refractivity contribution in [3.05, 3.63) is 0 Å². The Labute approximate surface area is 147 Å². The Morgan fingerprint density at radius 3 is 2.75 bits per heavy atom. The van der Waals surface area contributed by atoms with Gasteiger partial charge in [-0.05, 0) is 91.8 Å². The second-order valence-corrected chi connectivity index (χ2v) is 10.4. The molecule has 5 fully saturated rings. The van der Waals surface area contributed by atoms with Crippen LogP contribution in [0.3, 0.4) is 0 Å². The van der Waals surface area contributed by atoms with Gasteiger partial charge in [-0.3, -0.25) is 4.79 Å². The van der Waals surface area contributed by atoms with E-state index in [1.165, 1.54) is 51.4 Å². The van der Waals surface area contributed by atoms with Gasteiger partial charge in [0.25, 0.3) is 0 Å². The third-order valence-corrected chi connectivity index (χ3v) is 9.57. The summed E-state index contributed by atoms with van der Waals surface area (Å²) in [4.78, 5) is 12.0. The Bertz CT molecular complexity index is 542. The maximum atomic E-state index is 12.0. The van der Waals surface area contributed by atoms with Gasteiger partial charge in [0.05, 0.1) is 6.10 Å². The fourth-order valence-corrected chi connectivity index (χ4v) is 8.33. The van der Waals surface area contributed by atoms with E-state index in [-0.39, 0.29) is 0 Å². The van der Waals surface area contributed by atoms with E-state index in [1.807, 2.05) is 0 Å². The second kappa shape index (κ2) is 5.32. The summed E-state index contributed by atoms with van der Waals surface area (Å²) in [5.41, 5.74) is 0.896. The van der Waals surface area contributed by atoms with Crippen LogP contribution in [-0.4, -0.2) is 18.5 Å². The fraction of sp³-hybridized carbons (Fsp3) is 0.955. The minimum atomic E-state index is 0.444. The summed E-state index contributed by atoms with van der Waals surface area (Å²) in [6.45, 7) is 6.13. The zero-order chi connectivity index (χ0) is 16.5. The molecule has 4 saturated carbocycles.